The number of aryl methyl sites for hydroxylation is 1. The summed E-state index contributed by atoms with van der Waals surface area (Å²) in [7, 11) is 0. The van der Waals surface area contributed by atoms with Gasteiger partial charge < -0.3 is 5.32 Å². The monoisotopic (exact) mass is 394 g/mol. The topological polar surface area (TPSA) is 42.0 Å². The predicted molar refractivity (Wildman–Crippen MR) is 112 cm³/mol. The SMILES string of the molecule is Cc1cccc2c(Nc3cc(F)cc(F)c3)ncc(C(=O)CC3CCCCC3)c12. The van der Waals surface area contributed by atoms with Crippen molar-refractivity contribution < 1.29 is 13.6 Å². The molecule has 0 radical (unpaired) electrons. The Morgan fingerprint density at radius 1 is 1.10 bits per heavy atom. The minimum absolute atomic E-state index is 0.118. The van der Waals surface area contributed by atoms with Gasteiger partial charge in [-0.25, -0.2) is 13.8 Å². The zero-order valence-corrected chi connectivity index (χ0v) is 16.5. The quantitative estimate of drug-likeness (QED) is 0.489. The van der Waals surface area contributed by atoms with Crippen LogP contribution in [0.25, 0.3) is 10.8 Å². The van der Waals surface area contributed by atoms with Crippen LogP contribution in [0.2, 0.25) is 0 Å². The van der Waals surface area contributed by atoms with Crippen molar-refractivity contribution in [3.63, 3.8) is 0 Å². The van der Waals surface area contributed by atoms with Crippen molar-refractivity contribution in [2.75, 3.05) is 5.32 Å². The van der Waals surface area contributed by atoms with Crippen LogP contribution in [0.3, 0.4) is 0 Å². The molecule has 4 rings (SSSR count). The van der Waals surface area contributed by atoms with Gasteiger partial charge in [-0.3, -0.25) is 4.79 Å². The molecule has 1 aliphatic carbocycles. The molecule has 1 fully saturated rings. The molecule has 29 heavy (non-hydrogen) atoms. The van der Waals surface area contributed by atoms with Crippen molar-refractivity contribution >= 4 is 28.1 Å². The smallest absolute Gasteiger partial charge is 0.165 e. The normalized spacial score (nSPS) is 14.9. The minimum Gasteiger partial charge on any atom is -0.340 e. The van der Waals surface area contributed by atoms with Crippen molar-refractivity contribution in [1.29, 1.82) is 0 Å². The Hall–Kier alpha value is -2.82. The molecule has 0 unspecified atom stereocenters. The fraction of sp³-hybridized carbons (Fsp3) is 0.333. The summed E-state index contributed by atoms with van der Waals surface area (Å²) in [6.07, 6.45) is 8.02. The molecule has 0 amide bonds. The molecular weight excluding hydrogens is 370 g/mol. The molecule has 1 heterocycles. The van der Waals surface area contributed by atoms with E-state index in [1.807, 2.05) is 25.1 Å². The number of nitrogens with zero attached hydrogens (tertiary/aromatic N) is 1. The first-order valence-corrected chi connectivity index (χ1v) is 10.2. The maximum atomic E-state index is 13.6. The number of carbonyl (C=O) groups excluding carboxylic acids is 1. The highest BCUT2D eigenvalue weighted by molar-refractivity contribution is 6.11. The van der Waals surface area contributed by atoms with E-state index in [0.29, 0.717) is 23.7 Å². The Bertz CT molecular complexity index is 1040. The Kier molecular flexibility index (Phi) is 5.56. The van der Waals surface area contributed by atoms with Gasteiger partial charge in [0.15, 0.2) is 5.78 Å². The van der Waals surface area contributed by atoms with Gasteiger partial charge in [0.2, 0.25) is 0 Å². The number of benzene rings is 2. The van der Waals surface area contributed by atoms with E-state index in [1.165, 1.54) is 31.4 Å². The second-order valence-corrected chi connectivity index (χ2v) is 7.93. The minimum atomic E-state index is -0.660. The number of fused-ring (bicyclic) bond motifs is 1. The average molecular weight is 394 g/mol. The van der Waals surface area contributed by atoms with Gasteiger partial charge in [0.05, 0.1) is 0 Å². The number of halogens is 2. The highest BCUT2D eigenvalue weighted by Crippen LogP contribution is 2.33. The lowest BCUT2D eigenvalue weighted by Gasteiger charge is -2.21. The fourth-order valence-electron chi connectivity index (χ4n) is 4.32. The number of nitrogens with one attached hydrogen (secondary N) is 1. The Morgan fingerprint density at radius 3 is 2.55 bits per heavy atom. The second kappa shape index (κ2) is 8.27. The van der Waals surface area contributed by atoms with Gasteiger partial charge in [-0.05, 0) is 30.5 Å². The van der Waals surface area contributed by atoms with E-state index in [0.717, 1.165) is 35.2 Å². The third-order valence-electron chi connectivity index (χ3n) is 5.74. The number of ketones is 1. The van der Waals surface area contributed by atoms with Crippen molar-refractivity contribution in [3.05, 3.63) is 65.4 Å². The van der Waals surface area contributed by atoms with Gasteiger partial charge in [-0.1, -0.05) is 50.3 Å². The van der Waals surface area contributed by atoms with Crippen LogP contribution in [-0.4, -0.2) is 10.8 Å². The maximum Gasteiger partial charge on any atom is 0.165 e. The molecule has 5 heteroatoms. The van der Waals surface area contributed by atoms with Crippen molar-refractivity contribution in [1.82, 2.24) is 4.98 Å². The first kappa shape index (κ1) is 19.5. The number of rotatable bonds is 5. The molecule has 1 aromatic heterocycles. The number of hydrogen-bond donors (Lipinski definition) is 1. The zero-order chi connectivity index (χ0) is 20.4. The van der Waals surface area contributed by atoms with Gasteiger partial charge in [-0.15, -0.1) is 0 Å². The van der Waals surface area contributed by atoms with Gasteiger partial charge in [-0.2, -0.15) is 0 Å². The van der Waals surface area contributed by atoms with Crippen LogP contribution in [0.4, 0.5) is 20.3 Å². The van der Waals surface area contributed by atoms with Crippen LogP contribution >= 0.6 is 0 Å². The van der Waals surface area contributed by atoms with E-state index in [2.05, 4.69) is 10.3 Å². The van der Waals surface area contributed by atoms with Gasteiger partial charge in [0.1, 0.15) is 17.5 Å². The summed E-state index contributed by atoms with van der Waals surface area (Å²) in [5.41, 5.74) is 1.88. The van der Waals surface area contributed by atoms with Crippen LogP contribution in [0.1, 0.15) is 54.4 Å². The van der Waals surface area contributed by atoms with E-state index >= 15 is 0 Å². The molecule has 2 aromatic carbocycles. The van der Waals surface area contributed by atoms with Crippen LogP contribution in [0.15, 0.2) is 42.6 Å². The van der Waals surface area contributed by atoms with E-state index in [-0.39, 0.29) is 11.5 Å². The third kappa shape index (κ3) is 4.29. The molecule has 3 aromatic rings. The summed E-state index contributed by atoms with van der Waals surface area (Å²) in [4.78, 5) is 17.5. The summed E-state index contributed by atoms with van der Waals surface area (Å²) in [6.45, 7) is 1.96. The molecule has 1 saturated carbocycles. The molecule has 150 valence electrons. The molecule has 0 atom stereocenters. The highest BCUT2D eigenvalue weighted by Gasteiger charge is 2.21. The highest BCUT2D eigenvalue weighted by atomic mass is 19.1. The lowest BCUT2D eigenvalue weighted by molar-refractivity contribution is 0.0951. The van der Waals surface area contributed by atoms with Crippen molar-refractivity contribution in [2.24, 2.45) is 5.92 Å². The largest absolute Gasteiger partial charge is 0.340 e. The Morgan fingerprint density at radius 2 is 1.83 bits per heavy atom. The van der Waals surface area contributed by atoms with Gasteiger partial charge >= 0.3 is 0 Å². The molecule has 0 aliphatic heterocycles. The summed E-state index contributed by atoms with van der Waals surface area (Å²) in [5, 5.41) is 4.62. The first-order chi connectivity index (χ1) is 14.0. The number of carbonyl (C=O) groups is 1. The van der Waals surface area contributed by atoms with Crippen molar-refractivity contribution in [2.45, 2.75) is 45.4 Å². The number of aromatic nitrogens is 1. The van der Waals surface area contributed by atoms with E-state index in [1.54, 1.807) is 6.20 Å². The summed E-state index contributed by atoms with van der Waals surface area (Å²) >= 11 is 0. The van der Waals surface area contributed by atoms with Crippen LogP contribution in [-0.2, 0) is 0 Å². The zero-order valence-electron chi connectivity index (χ0n) is 16.5. The van der Waals surface area contributed by atoms with Gasteiger partial charge in [0, 0.05) is 40.7 Å². The maximum absolute atomic E-state index is 13.6. The third-order valence-corrected chi connectivity index (χ3v) is 5.74. The number of anilines is 2. The molecule has 1 N–H and O–H groups in total. The van der Waals surface area contributed by atoms with E-state index in [4.69, 9.17) is 0 Å². The number of pyridine rings is 1. The lowest BCUT2D eigenvalue weighted by atomic mass is 9.84. The number of Topliss-reactive ketones (excluding diaryl/α,β-unsaturated/α-hetero) is 1. The Balaban J connectivity index is 1.70. The molecule has 3 nitrogen and oxygen atoms in total. The fourth-order valence-corrected chi connectivity index (χ4v) is 4.32. The molecule has 1 aliphatic rings. The van der Waals surface area contributed by atoms with E-state index in [9.17, 15) is 13.6 Å². The second-order valence-electron chi connectivity index (χ2n) is 7.93. The van der Waals surface area contributed by atoms with Crippen LogP contribution in [0.5, 0.6) is 0 Å². The van der Waals surface area contributed by atoms with Gasteiger partial charge in [0.25, 0.3) is 0 Å². The van der Waals surface area contributed by atoms with Crippen molar-refractivity contribution in [3.8, 4) is 0 Å². The molecule has 0 spiro atoms. The Labute approximate surface area is 169 Å². The molecule has 0 saturated heterocycles. The molecular formula is C24H24F2N2O. The van der Waals surface area contributed by atoms with Crippen LogP contribution in [0, 0.1) is 24.5 Å². The summed E-state index contributed by atoms with van der Waals surface area (Å²) in [5.74, 6) is -0.280. The standard InChI is InChI=1S/C24H24F2N2O/c1-15-6-5-9-20-23(15)21(22(29)10-16-7-3-2-4-8-16)14-27-24(20)28-19-12-17(25)11-18(26)13-19/h5-6,9,11-14,16H,2-4,7-8,10H2,1H3,(H,27,28). The lowest BCUT2D eigenvalue weighted by Crippen LogP contribution is -2.13. The molecule has 0 bridgehead atoms. The summed E-state index contributed by atoms with van der Waals surface area (Å²) in [6, 6.07) is 9.00. The number of hydrogen-bond acceptors (Lipinski definition) is 3. The average Bonchev–Trinajstić information content (AvgIpc) is 2.68. The predicted octanol–water partition coefficient (Wildman–Crippen LogP) is 6.72. The first-order valence-electron chi connectivity index (χ1n) is 10.2. The summed E-state index contributed by atoms with van der Waals surface area (Å²) < 4.78 is 27.1. The van der Waals surface area contributed by atoms with Crippen LogP contribution < -0.4 is 5.32 Å². The van der Waals surface area contributed by atoms with E-state index < -0.39 is 11.6 Å².